The van der Waals surface area contributed by atoms with E-state index in [4.69, 9.17) is 0 Å². The molecule has 0 saturated carbocycles. The molecule has 6 heteroatoms. The number of fused-ring (bicyclic) bond motifs is 1. The molecule has 0 aliphatic rings. The van der Waals surface area contributed by atoms with Crippen LogP contribution >= 0.6 is 33.9 Å². The number of aromatic nitrogens is 2. The Hall–Kier alpha value is -1.41. The van der Waals surface area contributed by atoms with Crippen molar-refractivity contribution in [2.45, 2.75) is 0 Å². The Morgan fingerprint density at radius 2 is 1.89 bits per heavy atom. The van der Waals surface area contributed by atoms with Crippen molar-refractivity contribution >= 4 is 61.6 Å². The summed E-state index contributed by atoms with van der Waals surface area (Å²) in [5.74, 6) is 1.46. The predicted octanol–water partition coefficient (Wildman–Crippen LogP) is 4.08. The van der Waals surface area contributed by atoms with Crippen molar-refractivity contribution in [1.82, 2.24) is 9.97 Å². The lowest BCUT2D eigenvalue weighted by atomic mass is 10.3. The van der Waals surface area contributed by atoms with E-state index >= 15 is 0 Å². The van der Waals surface area contributed by atoms with E-state index in [0.29, 0.717) is 5.95 Å². The van der Waals surface area contributed by atoms with Crippen molar-refractivity contribution < 1.29 is 0 Å². The molecule has 96 valence electrons. The third kappa shape index (κ3) is 2.64. The summed E-state index contributed by atoms with van der Waals surface area (Å²) in [6, 6.07) is 10.2. The number of benzene rings is 1. The summed E-state index contributed by atoms with van der Waals surface area (Å²) in [5.41, 5.74) is 1.02. The Balaban J connectivity index is 2.03. The van der Waals surface area contributed by atoms with Crippen LogP contribution < -0.4 is 10.6 Å². The van der Waals surface area contributed by atoms with Gasteiger partial charge in [0.1, 0.15) is 10.6 Å². The number of anilines is 3. The van der Waals surface area contributed by atoms with Gasteiger partial charge in [0, 0.05) is 16.3 Å². The maximum Gasteiger partial charge on any atom is 0.225 e. The summed E-state index contributed by atoms with van der Waals surface area (Å²) in [5, 5.41) is 9.40. The molecule has 3 rings (SSSR count). The topological polar surface area (TPSA) is 49.8 Å². The SMILES string of the molecule is CNc1nc(Nc2ccc(I)cc2)c2ccsc2n1. The number of hydrogen-bond acceptors (Lipinski definition) is 5. The Morgan fingerprint density at radius 3 is 2.63 bits per heavy atom. The lowest BCUT2D eigenvalue weighted by molar-refractivity contribution is 1.20. The molecule has 2 aromatic heterocycles. The fraction of sp³-hybridized carbons (Fsp3) is 0.0769. The molecular weight excluding hydrogens is 371 g/mol. The van der Waals surface area contributed by atoms with Crippen molar-refractivity contribution in [1.29, 1.82) is 0 Å². The van der Waals surface area contributed by atoms with Gasteiger partial charge in [0.05, 0.1) is 5.39 Å². The highest BCUT2D eigenvalue weighted by Gasteiger charge is 2.08. The second-order valence-electron chi connectivity index (χ2n) is 3.92. The van der Waals surface area contributed by atoms with Crippen LogP contribution in [0.3, 0.4) is 0 Å². The Bertz CT molecular complexity index is 708. The molecule has 0 spiro atoms. The zero-order chi connectivity index (χ0) is 13.2. The first kappa shape index (κ1) is 12.6. The van der Waals surface area contributed by atoms with E-state index in [2.05, 4.69) is 55.3 Å². The van der Waals surface area contributed by atoms with Gasteiger partial charge in [0.2, 0.25) is 5.95 Å². The molecule has 19 heavy (non-hydrogen) atoms. The predicted molar refractivity (Wildman–Crippen MR) is 89.4 cm³/mol. The van der Waals surface area contributed by atoms with Gasteiger partial charge in [-0.2, -0.15) is 4.98 Å². The molecule has 0 fully saturated rings. The zero-order valence-corrected chi connectivity index (χ0v) is 13.1. The highest BCUT2D eigenvalue weighted by atomic mass is 127. The van der Waals surface area contributed by atoms with E-state index in [1.165, 1.54) is 3.57 Å². The number of rotatable bonds is 3. The monoisotopic (exact) mass is 382 g/mol. The molecule has 2 heterocycles. The summed E-state index contributed by atoms with van der Waals surface area (Å²) >= 11 is 3.90. The Labute approximate surface area is 128 Å². The first-order valence-corrected chi connectivity index (χ1v) is 7.68. The Morgan fingerprint density at radius 1 is 1.11 bits per heavy atom. The van der Waals surface area contributed by atoms with Crippen LogP contribution in [0, 0.1) is 3.57 Å². The van der Waals surface area contributed by atoms with Gasteiger partial charge >= 0.3 is 0 Å². The van der Waals surface area contributed by atoms with Crippen molar-refractivity contribution in [3.63, 3.8) is 0 Å². The van der Waals surface area contributed by atoms with Crippen molar-refractivity contribution in [3.05, 3.63) is 39.3 Å². The molecular formula is C13H11IN4S. The van der Waals surface area contributed by atoms with E-state index in [1.54, 1.807) is 11.3 Å². The molecule has 0 bridgehead atoms. The van der Waals surface area contributed by atoms with Gasteiger partial charge in [0.25, 0.3) is 0 Å². The van der Waals surface area contributed by atoms with Crippen molar-refractivity contribution in [3.8, 4) is 0 Å². The average Bonchev–Trinajstić information content (AvgIpc) is 2.89. The van der Waals surface area contributed by atoms with Gasteiger partial charge in [-0.15, -0.1) is 11.3 Å². The van der Waals surface area contributed by atoms with Crippen LogP contribution in [-0.2, 0) is 0 Å². The third-order valence-electron chi connectivity index (χ3n) is 2.66. The molecule has 0 unspecified atom stereocenters. The normalized spacial score (nSPS) is 10.6. The van der Waals surface area contributed by atoms with E-state index in [9.17, 15) is 0 Å². The fourth-order valence-electron chi connectivity index (χ4n) is 1.73. The average molecular weight is 382 g/mol. The maximum atomic E-state index is 4.48. The molecule has 0 aliphatic heterocycles. The van der Waals surface area contributed by atoms with Crippen LogP contribution in [0.2, 0.25) is 0 Å². The van der Waals surface area contributed by atoms with Crippen LogP contribution in [0.4, 0.5) is 17.5 Å². The zero-order valence-electron chi connectivity index (χ0n) is 10.1. The standard InChI is InChI=1S/C13H11IN4S/c1-15-13-17-11(10-6-7-19-12(10)18-13)16-9-4-2-8(14)3-5-9/h2-7H,1H3,(H2,15,16,17,18). The van der Waals surface area contributed by atoms with E-state index in [1.807, 2.05) is 30.6 Å². The fourth-order valence-corrected chi connectivity index (χ4v) is 2.86. The lowest BCUT2D eigenvalue weighted by Gasteiger charge is -2.08. The summed E-state index contributed by atoms with van der Waals surface area (Å²) < 4.78 is 1.21. The number of nitrogens with one attached hydrogen (secondary N) is 2. The quantitative estimate of drug-likeness (QED) is 0.671. The number of halogens is 1. The molecule has 1 aromatic carbocycles. The maximum absolute atomic E-state index is 4.48. The second-order valence-corrected chi connectivity index (χ2v) is 6.06. The first-order chi connectivity index (χ1) is 9.26. The van der Waals surface area contributed by atoms with Gasteiger partial charge in [0.15, 0.2) is 0 Å². The smallest absolute Gasteiger partial charge is 0.225 e. The van der Waals surface area contributed by atoms with Gasteiger partial charge in [-0.25, -0.2) is 4.98 Å². The van der Waals surface area contributed by atoms with Gasteiger partial charge in [-0.05, 0) is 58.3 Å². The molecule has 2 N–H and O–H groups in total. The highest BCUT2D eigenvalue weighted by molar-refractivity contribution is 14.1. The minimum Gasteiger partial charge on any atom is -0.357 e. The lowest BCUT2D eigenvalue weighted by Crippen LogP contribution is -2.00. The van der Waals surface area contributed by atoms with Gasteiger partial charge in [-0.1, -0.05) is 0 Å². The summed E-state index contributed by atoms with van der Waals surface area (Å²) in [7, 11) is 1.82. The van der Waals surface area contributed by atoms with Gasteiger partial charge in [-0.3, -0.25) is 0 Å². The third-order valence-corrected chi connectivity index (χ3v) is 4.18. The largest absolute Gasteiger partial charge is 0.357 e. The molecule has 0 aliphatic carbocycles. The summed E-state index contributed by atoms with van der Waals surface area (Å²) in [6.07, 6.45) is 0. The van der Waals surface area contributed by atoms with Crippen molar-refractivity contribution in [2.75, 3.05) is 17.7 Å². The molecule has 0 saturated heterocycles. The van der Waals surface area contributed by atoms with E-state index in [-0.39, 0.29) is 0 Å². The van der Waals surface area contributed by atoms with Crippen molar-refractivity contribution in [2.24, 2.45) is 0 Å². The first-order valence-electron chi connectivity index (χ1n) is 5.72. The molecule has 0 radical (unpaired) electrons. The van der Waals surface area contributed by atoms with Crippen LogP contribution in [0.5, 0.6) is 0 Å². The van der Waals surface area contributed by atoms with Crippen LogP contribution in [-0.4, -0.2) is 17.0 Å². The number of hydrogen-bond donors (Lipinski definition) is 2. The second kappa shape index (κ2) is 5.30. The number of nitrogens with zero attached hydrogens (tertiary/aromatic N) is 2. The van der Waals surface area contributed by atoms with Crippen LogP contribution in [0.1, 0.15) is 0 Å². The van der Waals surface area contributed by atoms with E-state index in [0.717, 1.165) is 21.7 Å². The molecule has 0 atom stereocenters. The minimum atomic E-state index is 0.628. The molecule has 3 aromatic rings. The highest BCUT2D eigenvalue weighted by Crippen LogP contribution is 2.28. The van der Waals surface area contributed by atoms with Crippen LogP contribution in [0.25, 0.3) is 10.2 Å². The van der Waals surface area contributed by atoms with Gasteiger partial charge < -0.3 is 10.6 Å². The molecule has 4 nitrogen and oxygen atoms in total. The minimum absolute atomic E-state index is 0.628. The van der Waals surface area contributed by atoms with Crippen LogP contribution in [0.15, 0.2) is 35.7 Å². The molecule has 0 amide bonds. The van der Waals surface area contributed by atoms with E-state index < -0.39 is 0 Å². The number of thiophene rings is 1. The summed E-state index contributed by atoms with van der Waals surface area (Å²) in [6.45, 7) is 0. The summed E-state index contributed by atoms with van der Waals surface area (Å²) in [4.78, 5) is 9.89. The Kier molecular flexibility index (Phi) is 3.52.